The molecule has 0 atom stereocenters. The summed E-state index contributed by atoms with van der Waals surface area (Å²) in [7, 11) is 0. The van der Waals surface area contributed by atoms with Gasteiger partial charge in [-0.1, -0.05) is 19.8 Å². The molecule has 1 aromatic rings. The van der Waals surface area contributed by atoms with Gasteiger partial charge in [-0.2, -0.15) is 0 Å². The minimum Gasteiger partial charge on any atom is -0.380 e. The Morgan fingerprint density at radius 2 is 2.12 bits per heavy atom. The highest BCUT2D eigenvalue weighted by molar-refractivity contribution is 5.53. The second-order valence-electron chi connectivity index (χ2n) is 5.25. The lowest BCUT2D eigenvalue weighted by Gasteiger charge is -2.26. The molecule has 17 heavy (non-hydrogen) atoms. The molecule has 0 aromatic carbocycles. The second kappa shape index (κ2) is 5.39. The molecule has 0 bridgehead atoms. The summed E-state index contributed by atoms with van der Waals surface area (Å²) < 4.78 is 0. The normalized spacial score (nSPS) is 18.0. The van der Waals surface area contributed by atoms with E-state index in [1.807, 2.05) is 6.20 Å². The first-order valence-electron chi connectivity index (χ1n) is 6.70. The lowest BCUT2D eigenvalue weighted by atomic mass is 10.0. The Bertz CT molecular complexity index is 356. The van der Waals surface area contributed by atoms with E-state index in [4.69, 9.17) is 0 Å². The number of aromatic nitrogens is 1. The molecule has 0 amide bonds. The van der Waals surface area contributed by atoms with Gasteiger partial charge in [-0.15, -0.1) is 0 Å². The summed E-state index contributed by atoms with van der Waals surface area (Å²) in [5.74, 6) is 0.971. The Balaban J connectivity index is 2.00. The summed E-state index contributed by atoms with van der Waals surface area (Å²) in [6.45, 7) is 5.46. The van der Waals surface area contributed by atoms with Crippen LogP contribution < -0.4 is 10.6 Å². The van der Waals surface area contributed by atoms with Crippen molar-refractivity contribution in [2.24, 2.45) is 0 Å². The number of nitrogens with one attached hydrogen (secondary N) is 2. The van der Waals surface area contributed by atoms with Crippen molar-refractivity contribution in [1.29, 1.82) is 0 Å². The van der Waals surface area contributed by atoms with Crippen LogP contribution in [0.5, 0.6) is 0 Å². The van der Waals surface area contributed by atoms with Gasteiger partial charge in [0.1, 0.15) is 5.82 Å². The Morgan fingerprint density at radius 1 is 1.35 bits per heavy atom. The third kappa shape index (κ3) is 3.35. The molecule has 2 rings (SSSR count). The van der Waals surface area contributed by atoms with Crippen molar-refractivity contribution in [3.8, 4) is 0 Å². The molecular weight excluding hydrogens is 210 g/mol. The van der Waals surface area contributed by atoms with Gasteiger partial charge in [-0.3, -0.25) is 0 Å². The highest BCUT2D eigenvalue weighted by Gasteiger charge is 2.28. The molecule has 0 radical (unpaired) electrons. The maximum atomic E-state index is 4.32. The first-order valence-corrected chi connectivity index (χ1v) is 6.70. The smallest absolute Gasteiger partial charge is 0.127 e. The van der Waals surface area contributed by atoms with E-state index in [-0.39, 0.29) is 5.54 Å². The Kier molecular flexibility index (Phi) is 3.87. The number of rotatable bonds is 5. The molecule has 0 unspecified atom stereocenters. The minimum absolute atomic E-state index is 0.281. The van der Waals surface area contributed by atoms with Gasteiger partial charge >= 0.3 is 0 Å². The summed E-state index contributed by atoms with van der Waals surface area (Å²) >= 11 is 0. The Morgan fingerprint density at radius 3 is 2.82 bits per heavy atom. The van der Waals surface area contributed by atoms with Crippen LogP contribution in [0.1, 0.15) is 46.0 Å². The van der Waals surface area contributed by atoms with E-state index in [2.05, 4.69) is 41.6 Å². The predicted octanol–water partition coefficient (Wildman–Crippen LogP) is 3.65. The van der Waals surface area contributed by atoms with Crippen LogP contribution in [0.25, 0.3) is 0 Å². The van der Waals surface area contributed by atoms with Gasteiger partial charge in [-0.05, 0) is 32.3 Å². The number of pyridine rings is 1. The summed E-state index contributed by atoms with van der Waals surface area (Å²) in [5, 5.41) is 6.98. The average molecular weight is 233 g/mol. The largest absolute Gasteiger partial charge is 0.380 e. The van der Waals surface area contributed by atoms with Crippen molar-refractivity contribution in [2.45, 2.75) is 51.5 Å². The quantitative estimate of drug-likeness (QED) is 0.815. The molecule has 1 saturated carbocycles. The summed E-state index contributed by atoms with van der Waals surface area (Å²) in [4.78, 5) is 4.32. The maximum Gasteiger partial charge on any atom is 0.127 e. The first kappa shape index (κ1) is 12.2. The fraction of sp³-hybridized carbons (Fsp3) is 0.643. The lowest BCUT2D eigenvalue weighted by Crippen LogP contribution is -2.30. The topological polar surface area (TPSA) is 37.0 Å². The van der Waals surface area contributed by atoms with Crippen molar-refractivity contribution in [2.75, 3.05) is 17.2 Å². The van der Waals surface area contributed by atoms with Gasteiger partial charge in [0.05, 0.1) is 0 Å². The fourth-order valence-corrected chi connectivity index (χ4v) is 2.49. The van der Waals surface area contributed by atoms with Crippen molar-refractivity contribution in [1.82, 2.24) is 4.98 Å². The lowest BCUT2D eigenvalue weighted by molar-refractivity contribution is 0.533. The standard InChI is InChI=1S/C14H23N3/c1-3-9-15-13-11-12(6-10-16-13)17-14(2)7-4-5-8-14/h6,10-11H,3-5,7-9H2,1-2H3,(H2,15,16,17). The van der Waals surface area contributed by atoms with Crippen LogP contribution in [0.2, 0.25) is 0 Å². The zero-order chi connectivity index (χ0) is 12.1. The van der Waals surface area contributed by atoms with Crippen LogP contribution in [-0.4, -0.2) is 17.1 Å². The number of nitrogens with zero attached hydrogens (tertiary/aromatic N) is 1. The molecule has 1 heterocycles. The van der Waals surface area contributed by atoms with Crippen LogP contribution in [0.3, 0.4) is 0 Å². The third-order valence-corrected chi connectivity index (χ3v) is 3.47. The fourth-order valence-electron chi connectivity index (χ4n) is 2.49. The van der Waals surface area contributed by atoms with Crippen molar-refractivity contribution in [3.63, 3.8) is 0 Å². The van der Waals surface area contributed by atoms with E-state index in [9.17, 15) is 0 Å². The highest BCUT2D eigenvalue weighted by Crippen LogP contribution is 2.32. The van der Waals surface area contributed by atoms with Crippen LogP contribution in [-0.2, 0) is 0 Å². The van der Waals surface area contributed by atoms with Crippen LogP contribution in [0.4, 0.5) is 11.5 Å². The average Bonchev–Trinajstić information content (AvgIpc) is 2.73. The summed E-state index contributed by atoms with van der Waals surface area (Å²) in [5.41, 5.74) is 1.46. The molecule has 0 spiro atoms. The molecular formula is C14H23N3. The summed E-state index contributed by atoms with van der Waals surface area (Å²) in [6.07, 6.45) is 8.22. The summed E-state index contributed by atoms with van der Waals surface area (Å²) in [6, 6.07) is 4.17. The molecule has 1 aliphatic rings. The van der Waals surface area contributed by atoms with Crippen LogP contribution >= 0.6 is 0 Å². The Labute approximate surface area is 104 Å². The molecule has 2 N–H and O–H groups in total. The van der Waals surface area contributed by atoms with E-state index < -0.39 is 0 Å². The van der Waals surface area contributed by atoms with Gasteiger partial charge < -0.3 is 10.6 Å². The van der Waals surface area contributed by atoms with E-state index in [0.717, 1.165) is 18.8 Å². The number of hydrogen-bond acceptors (Lipinski definition) is 3. The number of hydrogen-bond donors (Lipinski definition) is 2. The van der Waals surface area contributed by atoms with Gasteiger partial charge in [0, 0.05) is 30.0 Å². The zero-order valence-electron chi connectivity index (χ0n) is 10.9. The van der Waals surface area contributed by atoms with Crippen molar-refractivity contribution < 1.29 is 0 Å². The van der Waals surface area contributed by atoms with Gasteiger partial charge in [0.2, 0.25) is 0 Å². The molecule has 1 aliphatic carbocycles. The highest BCUT2D eigenvalue weighted by atomic mass is 15.0. The molecule has 0 aliphatic heterocycles. The van der Waals surface area contributed by atoms with E-state index in [1.165, 1.54) is 31.4 Å². The number of anilines is 2. The van der Waals surface area contributed by atoms with Gasteiger partial charge in [-0.25, -0.2) is 4.98 Å². The van der Waals surface area contributed by atoms with Crippen molar-refractivity contribution >= 4 is 11.5 Å². The molecule has 94 valence electrons. The molecule has 1 aromatic heterocycles. The monoisotopic (exact) mass is 233 g/mol. The van der Waals surface area contributed by atoms with Crippen LogP contribution in [0, 0.1) is 0 Å². The van der Waals surface area contributed by atoms with E-state index in [1.54, 1.807) is 0 Å². The molecule has 3 heteroatoms. The predicted molar refractivity (Wildman–Crippen MR) is 73.5 cm³/mol. The van der Waals surface area contributed by atoms with Crippen molar-refractivity contribution in [3.05, 3.63) is 18.3 Å². The van der Waals surface area contributed by atoms with E-state index in [0.29, 0.717) is 0 Å². The minimum atomic E-state index is 0.281. The van der Waals surface area contributed by atoms with E-state index >= 15 is 0 Å². The zero-order valence-corrected chi connectivity index (χ0v) is 10.9. The third-order valence-electron chi connectivity index (χ3n) is 3.47. The maximum absolute atomic E-state index is 4.32. The van der Waals surface area contributed by atoms with Gasteiger partial charge in [0.25, 0.3) is 0 Å². The first-order chi connectivity index (χ1) is 8.22. The molecule has 0 saturated heterocycles. The SMILES string of the molecule is CCCNc1cc(NC2(C)CCCC2)ccn1. The van der Waals surface area contributed by atoms with Crippen LogP contribution in [0.15, 0.2) is 18.3 Å². The molecule has 1 fully saturated rings. The van der Waals surface area contributed by atoms with Gasteiger partial charge in [0.15, 0.2) is 0 Å². The Hall–Kier alpha value is -1.25. The molecule has 3 nitrogen and oxygen atoms in total. The second-order valence-corrected chi connectivity index (χ2v) is 5.25.